The summed E-state index contributed by atoms with van der Waals surface area (Å²) in [6.45, 7) is 8.03. The van der Waals surface area contributed by atoms with Crippen LogP contribution in [0, 0.1) is 13.8 Å². The van der Waals surface area contributed by atoms with Gasteiger partial charge in [-0.1, -0.05) is 11.6 Å². The normalized spacial score (nSPS) is 16.8. The van der Waals surface area contributed by atoms with Gasteiger partial charge >= 0.3 is 0 Å². The summed E-state index contributed by atoms with van der Waals surface area (Å²) in [5, 5.41) is 1.05. The third-order valence-electron chi connectivity index (χ3n) is 4.37. The molecule has 0 unspecified atom stereocenters. The first kappa shape index (κ1) is 13.5. The summed E-state index contributed by atoms with van der Waals surface area (Å²) in [5.74, 6) is 1.65. The lowest BCUT2D eigenvalue weighted by Gasteiger charge is -2.33. The molecule has 4 rings (SSSR count). The van der Waals surface area contributed by atoms with Gasteiger partial charge in [-0.25, -0.2) is 9.97 Å². The van der Waals surface area contributed by atoms with Gasteiger partial charge in [-0.3, -0.25) is 0 Å². The predicted octanol–water partition coefficient (Wildman–Crippen LogP) is 2.74. The molecule has 0 bridgehead atoms. The molecule has 5 heteroatoms. The average molecular weight is 296 g/mol. The van der Waals surface area contributed by atoms with Crippen molar-refractivity contribution in [2.24, 2.45) is 0 Å². The number of hydrogen-bond donors (Lipinski definition) is 0. The summed E-state index contributed by atoms with van der Waals surface area (Å²) in [7, 11) is 2.16. The van der Waals surface area contributed by atoms with E-state index in [0.29, 0.717) is 5.89 Å². The van der Waals surface area contributed by atoms with Crippen molar-refractivity contribution >= 4 is 27.8 Å². The molecule has 3 aromatic rings. The van der Waals surface area contributed by atoms with Crippen LogP contribution >= 0.6 is 0 Å². The maximum Gasteiger partial charge on any atom is 0.192 e. The molecular formula is C17H20N4O. The predicted molar refractivity (Wildman–Crippen MR) is 88.5 cm³/mol. The molecule has 0 amide bonds. The molecule has 0 spiro atoms. The third kappa shape index (κ3) is 2.13. The topological polar surface area (TPSA) is 45.4 Å². The van der Waals surface area contributed by atoms with Gasteiger partial charge in [-0.2, -0.15) is 0 Å². The second kappa shape index (κ2) is 4.95. The van der Waals surface area contributed by atoms with Crippen molar-refractivity contribution in [2.75, 3.05) is 38.1 Å². The van der Waals surface area contributed by atoms with Gasteiger partial charge in [0.1, 0.15) is 0 Å². The number of benzene rings is 1. The number of hydrogen-bond acceptors (Lipinski definition) is 5. The molecule has 0 saturated carbocycles. The maximum atomic E-state index is 5.90. The minimum Gasteiger partial charge on any atom is -0.440 e. The lowest BCUT2D eigenvalue weighted by atomic mass is 10.1. The van der Waals surface area contributed by atoms with E-state index in [2.05, 4.69) is 47.0 Å². The number of pyridine rings is 1. The largest absolute Gasteiger partial charge is 0.440 e. The molecule has 1 fully saturated rings. The highest BCUT2D eigenvalue weighted by Crippen LogP contribution is 2.32. The van der Waals surface area contributed by atoms with Crippen molar-refractivity contribution < 1.29 is 4.42 Å². The molecule has 1 saturated heterocycles. The quantitative estimate of drug-likeness (QED) is 0.691. The van der Waals surface area contributed by atoms with Crippen molar-refractivity contribution in [2.45, 2.75) is 13.8 Å². The van der Waals surface area contributed by atoms with Crippen LogP contribution in [-0.2, 0) is 0 Å². The number of nitrogens with zero attached hydrogens (tertiary/aromatic N) is 4. The standard InChI is InChI=1S/C17H20N4O/c1-11-4-5-14-13(10-11)16-15(18-12(2)22-16)17(19-14)21-8-6-20(3)7-9-21/h4-5,10H,6-9H2,1-3H3. The molecule has 1 aromatic carbocycles. The van der Waals surface area contributed by atoms with Crippen LogP contribution in [0.2, 0.25) is 0 Å². The van der Waals surface area contributed by atoms with E-state index >= 15 is 0 Å². The van der Waals surface area contributed by atoms with Gasteiger partial charge in [0.2, 0.25) is 0 Å². The van der Waals surface area contributed by atoms with Crippen LogP contribution < -0.4 is 4.90 Å². The summed E-state index contributed by atoms with van der Waals surface area (Å²) < 4.78 is 5.90. The van der Waals surface area contributed by atoms with E-state index in [1.54, 1.807) is 0 Å². The lowest BCUT2D eigenvalue weighted by molar-refractivity contribution is 0.312. The first-order valence-electron chi connectivity index (χ1n) is 7.73. The summed E-state index contributed by atoms with van der Waals surface area (Å²) >= 11 is 0. The monoisotopic (exact) mass is 296 g/mol. The van der Waals surface area contributed by atoms with Crippen molar-refractivity contribution in [1.82, 2.24) is 14.9 Å². The van der Waals surface area contributed by atoms with Crippen molar-refractivity contribution in [3.63, 3.8) is 0 Å². The second-order valence-electron chi connectivity index (χ2n) is 6.16. The van der Waals surface area contributed by atoms with E-state index in [1.165, 1.54) is 5.56 Å². The third-order valence-corrected chi connectivity index (χ3v) is 4.37. The van der Waals surface area contributed by atoms with Gasteiger partial charge in [-0.15, -0.1) is 0 Å². The van der Waals surface area contributed by atoms with E-state index in [1.807, 2.05) is 6.92 Å². The first-order chi connectivity index (χ1) is 10.6. The molecule has 0 N–H and O–H groups in total. The number of aryl methyl sites for hydroxylation is 2. The minimum atomic E-state index is 0.696. The average Bonchev–Trinajstić information content (AvgIpc) is 2.89. The van der Waals surface area contributed by atoms with Gasteiger partial charge in [0.25, 0.3) is 0 Å². The Kier molecular flexibility index (Phi) is 3.04. The Morgan fingerprint density at radius 2 is 1.82 bits per heavy atom. The van der Waals surface area contributed by atoms with E-state index in [0.717, 1.165) is 54.0 Å². The first-order valence-corrected chi connectivity index (χ1v) is 7.73. The smallest absolute Gasteiger partial charge is 0.192 e. The van der Waals surface area contributed by atoms with Crippen molar-refractivity contribution in [3.05, 3.63) is 29.7 Å². The fraction of sp³-hybridized carbons (Fsp3) is 0.412. The van der Waals surface area contributed by atoms with Crippen LogP contribution in [-0.4, -0.2) is 48.1 Å². The van der Waals surface area contributed by atoms with Crippen molar-refractivity contribution in [1.29, 1.82) is 0 Å². The molecule has 1 aliphatic heterocycles. The summed E-state index contributed by atoms with van der Waals surface area (Å²) in [6, 6.07) is 6.29. The fourth-order valence-electron chi connectivity index (χ4n) is 3.10. The van der Waals surface area contributed by atoms with E-state index in [4.69, 9.17) is 9.40 Å². The number of likely N-dealkylation sites (N-methyl/N-ethyl adjacent to an activating group) is 1. The lowest BCUT2D eigenvalue weighted by Crippen LogP contribution is -2.44. The minimum absolute atomic E-state index is 0.696. The van der Waals surface area contributed by atoms with Gasteiger partial charge in [-0.05, 0) is 26.1 Å². The molecule has 3 heterocycles. The summed E-state index contributed by atoms with van der Waals surface area (Å²) in [6.07, 6.45) is 0. The highest BCUT2D eigenvalue weighted by atomic mass is 16.3. The Hall–Kier alpha value is -2.14. The Labute approximate surface area is 129 Å². The second-order valence-corrected chi connectivity index (χ2v) is 6.16. The van der Waals surface area contributed by atoms with Gasteiger partial charge in [0, 0.05) is 38.5 Å². The molecule has 22 heavy (non-hydrogen) atoms. The highest BCUT2D eigenvalue weighted by molar-refractivity contribution is 6.05. The van der Waals surface area contributed by atoms with Gasteiger partial charge < -0.3 is 14.2 Å². The van der Waals surface area contributed by atoms with E-state index in [9.17, 15) is 0 Å². The van der Waals surface area contributed by atoms with Crippen LogP contribution in [0.1, 0.15) is 11.5 Å². The fourth-order valence-corrected chi connectivity index (χ4v) is 3.10. The zero-order valence-electron chi connectivity index (χ0n) is 13.3. The molecule has 5 nitrogen and oxygen atoms in total. The Morgan fingerprint density at radius 1 is 1.05 bits per heavy atom. The Bertz CT molecular complexity index is 847. The van der Waals surface area contributed by atoms with E-state index in [-0.39, 0.29) is 0 Å². The molecule has 1 aliphatic rings. The van der Waals surface area contributed by atoms with Gasteiger partial charge in [0.15, 0.2) is 22.8 Å². The number of fused-ring (bicyclic) bond motifs is 3. The van der Waals surface area contributed by atoms with Gasteiger partial charge in [0.05, 0.1) is 5.52 Å². The molecular weight excluding hydrogens is 276 g/mol. The van der Waals surface area contributed by atoms with Crippen LogP contribution in [0.25, 0.3) is 22.0 Å². The molecule has 0 aliphatic carbocycles. The molecule has 0 radical (unpaired) electrons. The molecule has 114 valence electrons. The van der Waals surface area contributed by atoms with Crippen LogP contribution in [0.5, 0.6) is 0 Å². The Balaban J connectivity index is 1.94. The number of aromatic nitrogens is 2. The van der Waals surface area contributed by atoms with Crippen LogP contribution in [0.4, 0.5) is 5.82 Å². The van der Waals surface area contributed by atoms with E-state index < -0.39 is 0 Å². The zero-order valence-corrected chi connectivity index (χ0v) is 13.3. The number of rotatable bonds is 1. The zero-order chi connectivity index (χ0) is 15.3. The number of piperazine rings is 1. The molecule has 0 atom stereocenters. The SMILES string of the molecule is Cc1ccc2nc(N3CCN(C)CC3)c3nc(C)oc3c2c1. The van der Waals surface area contributed by atoms with Crippen molar-refractivity contribution in [3.8, 4) is 0 Å². The maximum absolute atomic E-state index is 5.90. The van der Waals surface area contributed by atoms with Crippen LogP contribution in [0.3, 0.4) is 0 Å². The van der Waals surface area contributed by atoms with Crippen LogP contribution in [0.15, 0.2) is 22.6 Å². The Morgan fingerprint density at radius 3 is 2.59 bits per heavy atom. The highest BCUT2D eigenvalue weighted by Gasteiger charge is 2.22. The number of oxazole rings is 1. The summed E-state index contributed by atoms with van der Waals surface area (Å²) in [4.78, 5) is 14.2. The summed E-state index contributed by atoms with van der Waals surface area (Å²) in [5.41, 5.74) is 3.93. The molecule has 2 aromatic heterocycles. The number of anilines is 1.